The van der Waals surface area contributed by atoms with Gasteiger partial charge in [-0.2, -0.15) is 0 Å². The normalized spacial score (nSPS) is 21.7. The topological polar surface area (TPSA) is 59.9 Å². The molecule has 2 aromatic heterocycles. The quantitative estimate of drug-likeness (QED) is 0.178. The first kappa shape index (κ1) is 44.2. The van der Waals surface area contributed by atoms with Crippen LogP contribution in [0.4, 0.5) is 0 Å². The molecule has 2 unspecified atom stereocenters. The second-order valence-electron chi connectivity index (χ2n) is 16.0. The third-order valence-corrected chi connectivity index (χ3v) is 12.5. The fourth-order valence-corrected chi connectivity index (χ4v) is 9.70. The molecule has 2 heterocycles. The Kier molecular flexibility index (Phi) is 16.2. The zero-order valence-electron chi connectivity index (χ0n) is 34.8. The highest BCUT2D eigenvalue weighted by atomic mass is 32.2. The summed E-state index contributed by atoms with van der Waals surface area (Å²) < 4.78 is 0. The number of carbonyl (C=O) groups excluding carboxylic acids is 2. The Balaban J connectivity index is 1.28. The van der Waals surface area contributed by atoms with Crippen molar-refractivity contribution in [3.05, 3.63) is 179 Å². The largest absolute Gasteiger partial charge is 0.293 e. The molecule has 4 nitrogen and oxygen atoms in total. The molecular weight excluding hydrogens is 725 g/mol. The fourth-order valence-electron chi connectivity index (χ4n) is 6.92. The zero-order chi connectivity index (χ0) is 40.9. The van der Waals surface area contributed by atoms with Gasteiger partial charge in [0.1, 0.15) is 0 Å². The van der Waals surface area contributed by atoms with Gasteiger partial charge in [0.25, 0.3) is 0 Å². The highest BCUT2D eigenvalue weighted by Crippen LogP contribution is 2.46. The Morgan fingerprint density at radius 3 is 1.23 bits per heavy atom. The van der Waals surface area contributed by atoms with E-state index >= 15 is 0 Å². The van der Waals surface area contributed by atoms with Crippen molar-refractivity contribution < 1.29 is 9.59 Å². The Morgan fingerprint density at radius 1 is 0.554 bits per heavy atom. The smallest absolute Gasteiger partial charge is 0.172 e. The number of Topliss-reactive ketones (excluding diaryl/α,β-unsaturated/α-hetero) is 2. The second kappa shape index (κ2) is 20.6. The molecule has 0 fully saturated rings. The number of nitrogens with zero attached hydrogens (tertiary/aromatic N) is 2. The molecule has 0 spiro atoms. The maximum absolute atomic E-state index is 13.3. The van der Waals surface area contributed by atoms with Crippen LogP contribution in [0.2, 0.25) is 0 Å². The summed E-state index contributed by atoms with van der Waals surface area (Å²) in [6, 6.07) is 7.87. The average Bonchev–Trinajstić information content (AvgIpc) is 3.15. The van der Waals surface area contributed by atoms with E-state index in [4.69, 9.17) is 0 Å². The van der Waals surface area contributed by atoms with Crippen molar-refractivity contribution in [2.24, 2.45) is 10.8 Å². The lowest BCUT2D eigenvalue weighted by Crippen LogP contribution is -2.34. The van der Waals surface area contributed by atoms with Crippen LogP contribution in [0.5, 0.6) is 0 Å². The molecule has 6 heteroatoms. The van der Waals surface area contributed by atoms with Crippen LogP contribution in [0.1, 0.15) is 82.1 Å². The van der Waals surface area contributed by atoms with E-state index in [9.17, 15) is 9.59 Å². The molecule has 0 N–H and O–H groups in total. The summed E-state index contributed by atoms with van der Waals surface area (Å²) in [5.74, 6) is 0.438. The summed E-state index contributed by atoms with van der Waals surface area (Å²) in [7, 11) is 0. The summed E-state index contributed by atoms with van der Waals surface area (Å²) in [4.78, 5) is 36.9. The SMILES string of the molecule is CC(C=CC=C(C)C=CC1=C(C)C(=O)C(Sc2ccncc2)CC1(C)C)=CC=CC=C(C)C=CC=C(C)C=CC1=C(C)C(=O)C(Sc2ccncc2)CC1(C)C. The number of carbonyl (C=O) groups is 2. The summed E-state index contributed by atoms with van der Waals surface area (Å²) in [5.41, 5.74) is 8.28. The van der Waals surface area contributed by atoms with E-state index < -0.39 is 0 Å². The third kappa shape index (κ3) is 13.0. The van der Waals surface area contributed by atoms with Crippen molar-refractivity contribution in [2.75, 3.05) is 0 Å². The molecule has 0 aromatic carbocycles. The lowest BCUT2D eigenvalue weighted by molar-refractivity contribution is -0.116. The van der Waals surface area contributed by atoms with Crippen LogP contribution in [0.3, 0.4) is 0 Å². The van der Waals surface area contributed by atoms with Gasteiger partial charge in [-0.15, -0.1) is 23.5 Å². The minimum absolute atomic E-state index is 0.0844. The zero-order valence-corrected chi connectivity index (χ0v) is 36.4. The van der Waals surface area contributed by atoms with Gasteiger partial charge in [-0.25, -0.2) is 0 Å². The Hall–Kier alpha value is -4.52. The maximum Gasteiger partial charge on any atom is 0.172 e. The van der Waals surface area contributed by atoms with Gasteiger partial charge in [-0.1, -0.05) is 135 Å². The standard InChI is InChI=1S/C50H58N2O2S2/c1-35(17-13-19-37(3)21-23-43-39(5)47(53)45(33-49(43,7)8)55-41-25-29-51-30-26-41)15-11-12-16-36(2)18-14-20-38(4)22-24-44-40(6)48(54)46(34-50(44,9)10)56-42-27-31-52-32-28-42/h11-32,45-46H,33-34H2,1-10H3. The van der Waals surface area contributed by atoms with Crippen molar-refractivity contribution in [1.82, 2.24) is 9.97 Å². The minimum atomic E-state index is -0.101. The minimum Gasteiger partial charge on any atom is -0.293 e. The van der Waals surface area contributed by atoms with E-state index in [0.29, 0.717) is 0 Å². The van der Waals surface area contributed by atoms with Crippen LogP contribution >= 0.6 is 23.5 Å². The highest BCUT2D eigenvalue weighted by Gasteiger charge is 2.39. The van der Waals surface area contributed by atoms with Crippen LogP contribution in [-0.4, -0.2) is 32.0 Å². The van der Waals surface area contributed by atoms with E-state index in [1.807, 2.05) is 38.1 Å². The van der Waals surface area contributed by atoms with Crippen LogP contribution in [0, 0.1) is 10.8 Å². The molecule has 0 radical (unpaired) electrons. The predicted molar refractivity (Wildman–Crippen MR) is 241 cm³/mol. The first-order valence-corrected chi connectivity index (χ1v) is 21.1. The molecule has 0 saturated heterocycles. The molecule has 2 aliphatic carbocycles. The molecule has 0 aliphatic heterocycles. The highest BCUT2D eigenvalue weighted by molar-refractivity contribution is 8.01. The number of hydrogen-bond donors (Lipinski definition) is 0. The lowest BCUT2D eigenvalue weighted by atomic mass is 9.72. The number of ketones is 2. The average molecular weight is 783 g/mol. The van der Waals surface area contributed by atoms with E-state index in [-0.39, 0.29) is 32.9 Å². The van der Waals surface area contributed by atoms with Gasteiger partial charge in [0.2, 0.25) is 0 Å². The van der Waals surface area contributed by atoms with Gasteiger partial charge in [-0.3, -0.25) is 19.6 Å². The van der Waals surface area contributed by atoms with Crippen molar-refractivity contribution in [2.45, 2.75) is 102 Å². The third-order valence-electron chi connectivity index (χ3n) is 10.1. The van der Waals surface area contributed by atoms with E-state index in [1.165, 1.54) is 0 Å². The van der Waals surface area contributed by atoms with Gasteiger partial charge in [0.05, 0.1) is 10.5 Å². The molecule has 2 aliphatic rings. The number of allylic oxidation sites excluding steroid dienone is 22. The molecule has 0 amide bonds. The van der Waals surface area contributed by atoms with Gasteiger partial charge >= 0.3 is 0 Å². The number of hydrogen-bond acceptors (Lipinski definition) is 6. The number of rotatable bonds is 14. The Labute approximate surface area is 344 Å². The summed E-state index contributed by atoms with van der Waals surface area (Å²) in [5, 5.41) is -0.169. The number of pyridine rings is 2. The summed E-state index contributed by atoms with van der Waals surface area (Å²) in [6.07, 6.45) is 38.0. The molecule has 292 valence electrons. The molecule has 0 bridgehead atoms. The lowest BCUT2D eigenvalue weighted by Gasteiger charge is -2.36. The summed E-state index contributed by atoms with van der Waals surface area (Å²) in [6.45, 7) is 21.2. The molecule has 2 atom stereocenters. The maximum atomic E-state index is 13.3. The van der Waals surface area contributed by atoms with Gasteiger partial charge in [-0.05, 0) is 112 Å². The van der Waals surface area contributed by atoms with Crippen molar-refractivity contribution >= 4 is 35.1 Å². The van der Waals surface area contributed by atoms with Crippen LogP contribution < -0.4 is 0 Å². The van der Waals surface area contributed by atoms with Crippen LogP contribution in [0.25, 0.3) is 0 Å². The number of aromatic nitrogens is 2. The van der Waals surface area contributed by atoms with Crippen molar-refractivity contribution in [3.8, 4) is 0 Å². The Morgan fingerprint density at radius 2 is 0.875 bits per heavy atom. The van der Waals surface area contributed by atoms with Gasteiger partial charge < -0.3 is 0 Å². The monoisotopic (exact) mass is 782 g/mol. The van der Waals surface area contributed by atoms with Crippen LogP contribution in [0.15, 0.2) is 188 Å². The Bertz CT molecular complexity index is 1930. The first-order chi connectivity index (χ1) is 26.6. The fraction of sp³-hybridized carbons (Fsp3) is 0.320. The van der Waals surface area contributed by atoms with E-state index in [0.717, 1.165) is 67.2 Å². The number of thioether (sulfide) groups is 2. The molecule has 0 saturated carbocycles. The molecule has 2 aromatic rings. The molecule has 56 heavy (non-hydrogen) atoms. The molecule has 4 rings (SSSR count). The summed E-state index contributed by atoms with van der Waals surface area (Å²) >= 11 is 3.27. The second-order valence-corrected chi connectivity index (χ2v) is 18.5. The van der Waals surface area contributed by atoms with Crippen molar-refractivity contribution in [1.29, 1.82) is 0 Å². The van der Waals surface area contributed by atoms with Crippen molar-refractivity contribution in [3.63, 3.8) is 0 Å². The van der Waals surface area contributed by atoms with E-state index in [2.05, 4.69) is 150 Å². The molecular formula is C50H58N2O2S2. The first-order valence-electron chi connectivity index (χ1n) is 19.3. The van der Waals surface area contributed by atoms with Gasteiger partial charge in [0.15, 0.2) is 11.6 Å². The predicted octanol–water partition coefficient (Wildman–Crippen LogP) is 13.3. The van der Waals surface area contributed by atoms with Gasteiger partial charge in [0, 0.05) is 34.6 Å². The van der Waals surface area contributed by atoms with Crippen LogP contribution in [-0.2, 0) is 9.59 Å². The van der Waals surface area contributed by atoms with E-state index in [1.54, 1.807) is 48.3 Å².